The fourth-order valence-electron chi connectivity index (χ4n) is 2.57. The Kier molecular flexibility index (Phi) is 2.80. The number of benzene rings is 1. The second-order valence-corrected chi connectivity index (χ2v) is 6.06. The molecule has 19 heavy (non-hydrogen) atoms. The molecule has 1 aromatic carbocycles. The highest BCUT2D eigenvalue weighted by molar-refractivity contribution is 5.64. The van der Waals surface area contributed by atoms with Crippen molar-refractivity contribution in [1.29, 1.82) is 0 Å². The number of hydrogen-bond acceptors (Lipinski definition) is 3. The molecule has 0 heterocycles. The van der Waals surface area contributed by atoms with Gasteiger partial charge in [-0.05, 0) is 10.8 Å². The third-order valence-corrected chi connectivity index (χ3v) is 4.53. The maximum atomic E-state index is 13.5. The first-order valence-corrected chi connectivity index (χ1v) is 5.99. The Balaban J connectivity index is 2.39. The van der Waals surface area contributed by atoms with E-state index in [1.54, 1.807) is 0 Å². The lowest BCUT2D eigenvalue weighted by Gasteiger charge is -2.09. The first-order chi connectivity index (χ1) is 8.59. The smallest absolute Gasteiger partial charge is 0.327 e. The number of nitrogens with one attached hydrogen (secondary N) is 1. The predicted molar refractivity (Wildman–Crippen MR) is 68.0 cm³/mol. The zero-order valence-corrected chi connectivity index (χ0v) is 11.3. The molecule has 0 bridgehead atoms. The Bertz CT molecular complexity index is 542. The molecule has 1 aliphatic carbocycles. The van der Waals surface area contributed by atoms with Crippen molar-refractivity contribution in [2.45, 2.75) is 33.7 Å². The summed E-state index contributed by atoms with van der Waals surface area (Å²) < 4.78 is 26.7. The molecule has 0 radical (unpaired) electrons. The summed E-state index contributed by atoms with van der Waals surface area (Å²) in [4.78, 5) is 10.0. The Labute approximate surface area is 110 Å². The van der Waals surface area contributed by atoms with Gasteiger partial charge in [0.05, 0.1) is 4.92 Å². The first-order valence-electron chi connectivity index (χ1n) is 5.99. The molecule has 1 aliphatic rings. The third-order valence-electron chi connectivity index (χ3n) is 4.53. The second-order valence-electron chi connectivity index (χ2n) is 6.06. The number of nitro groups is 1. The third kappa shape index (κ3) is 1.95. The molecule has 2 rings (SSSR count). The average molecular weight is 270 g/mol. The molecule has 104 valence electrons. The number of nitrogens with zero attached hydrogens (tertiary/aromatic N) is 1. The topological polar surface area (TPSA) is 55.2 Å². The van der Waals surface area contributed by atoms with Gasteiger partial charge in [-0.3, -0.25) is 10.1 Å². The SMILES string of the molecule is CC1(C)C(Nc2cc(F)cc(F)c2[N+](=O)[O-])C1(C)C. The van der Waals surface area contributed by atoms with E-state index in [0.29, 0.717) is 6.07 Å². The van der Waals surface area contributed by atoms with Crippen LogP contribution in [0.2, 0.25) is 0 Å². The zero-order valence-electron chi connectivity index (χ0n) is 11.3. The van der Waals surface area contributed by atoms with Gasteiger partial charge in [-0.1, -0.05) is 27.7 Å². The largest absolute Gasteiger partial charge is 0.375 e. The second kappa shape index (κ2) is 3.88. The van der Waals surface area contributed by atoms with Crippen LogP contribution in [0, 0.1) is 32.6 Å². The number of rotatable bonds is 3. The van der Waals surface area contributed by atoms with Gasteiger partial charge in [0.15, 0.2) is 0 Å². The molecule has 6 heteroatoms. The van der Waals surface area contributed by atoms with E-state index in [2.05, 4.69) is 5.32 Å². The van der Waals surface area contributed by atoms with E-state index in [1.165, 1.54) is 0 Å². The highest BCUT2D eigenvalue weighted by Gasteiger charge is 2.65. The van der Waals surface area contributed by atoms with Crippen LogP contribution in [0.25, 0.3) is 0 Å². The molecule has 0 saturated heterocycles. The molecule has 0 spiro atoms. The van der Waals surface area contributed by atoms with Crippen molar-refractivity contribution in [3.8, 4) is 0 Å². The van der Waals surface area contributed by atoms with E-state index in [0.717, 1.165) is 6.07 Å². The van der Waals surface area contributed by atoms with Crippen LogP contribution in [-0.4, -0.2) is 11.0 Å². The quantitative estimate of drug-likeness (QED) is 0.672. The minimum absolute atomic E-state index is 0.0695. The lowest BCUT2D eigenvalue weighted by atomic mass is 10.0. The van der Waals surface area contributed by atoms with E-state index in [9.17, 15) is 18.9 Å². The minimum atomic E-state index is -1.16. The van der Waals surface area contributed by atoms with Gasteiger partial charge >= 0.3 is 5.69 Å². The van der Waals surface area contributed by atoms with Crippen molar-refractivity contribution in [1.82, 2.24) is 0 Å². The predicted octanol–water partition coefficient (Wildman–Crippen LogP) is 3.72. The fourth-order valence-corrected chi connectivity index (χ4v) is 2.57. The van der Waals surface area contributed by atoms with Crippen LogP contribution in [0.5, 0.6) is 0 Å². The van der Waals surface area contributed by atoms with Gasteiger partial charge in [0.1, 0.15) is 11.5 Å². The number of anilines is 1. The van der Waals surface area contributed by atoms with E-state index < -0.39 is 22.2 Å². The van der Waals surface area contributed by atoms with Crippen molar-refractivity contribution in [3.63, 3.8) is 0 Å². The Hall–Kier alpha value is -1.72. The van der Waals surface area contributed by atoms with Crippen molar-refractivity contribution in [3.05, 3.63) is 33.9 Å². The van der Waals surface area contributed by atoms with Gasteiger partial charge in [-0.2, -0.15) is 4.39 Å². The Morgan fingerprint density at radius 3 is 2.16 bits per heavy atom. The Morgan fingerprint density at radius 1 is 1.21 bits per heavy atom. The summed E-state index contributed by atoms with van der Waals surface area (Å²) >= 11 is 0. The molecular weight excluding hydrogens is 254 g/mol. The van der Waals surface area contributed by atoms with Gasteiger partial charge in [-0.15, -0.1) is 0 Å². The summed E-state index contributed by atoms with van der Waals surface area (Å²) in [5.41, 5.74) is -1.00. The van der Waals surface area contributed by atoms with Gasteiger partial charge in [0, 0.05) is 18.2 Å². The summed E-state index contributed by atoms with van der Waals surface area (Å²) in [6.45, 7) is 8.02. The van der Waals surface area contributed by atoms with E-state index in [4.69, 9.17) is 0 Å². The van der Waals surface area contributed by atoms with Gasteiger partial charge in [-0.25, -0.2) is 4.39 Å². The summed E-state index contributed by atoms with van der Waals surface area (Å²) in [5, 5.41) is 13.8. The van der Waals surface area contributed by atoms with Crippen LogP contribution >= 0.6 is 0 Å². The van der Waals surface area contributed by atoms with Crippen LogP contribution in [0.1, 0.15) is 27.7 Å². The van der Waals surface area contributed by atoms with Crippen molar-refractivity contribution < 1.29 is 13.7 Å². The van der Waals surface area contributed by atoms with E-state index >= 15 is 0 Å². The maximum absolute atomic E-state index is 13.5. The van der Waals surface area contributed by atoms with Crippen molar-refractivity contribution in [2.75, 3.05) is 5.32 Å². The fraction of sp³-hybridized carbons (Fsp3) is 0.538. The van der Waals surface area contributed by atoms with Gasteiger partial charge in [0.2, 0.25) is 5.82 Å². The molecule has 4 nitrogen and oxygen atoms in total. The van der Waals surface area contributed by atoms with E-state index in [1.807, 2.05) is 27.7 Å². The molecule has 1 fully saturated rings. The lowest BCUT2D eigenvalue weighted by molar-refractivity contribution is -0.386. The van der Waals surface area contributed by atoms with Crippen LogP contribution in [0.3, 0.4) is 0 Å². The Morgan fingerprint density at radius 2 is 1.74 bits per heavy atom. The van der Waals surface area contributed by atoms with Gasteiger partial charge in [0.25, 0.3) is 0 Å². The zero-order chi connectivity index (χ0) is 14.6. The standard InChI is InChI=1S/C13H16F2N2O2/c1-12(2)11(13(12,3)4)16-9-6-7(14)5-8(15)10(9)17(18)19/h5-6,11,16H,1-4H3. The lowest BCUT2D eigenvalue weighted by Crippen LogP contribution is -2.12. The van der Waals surface area contributed by atoms with Crippen LogP contribution in [0.15, 0.2) is 12.1 Å². The molecule has 0 amide bonds. The molecule has 0 aliphatic heterocycles. The molecule has 1 aromatic rings. The van der Waals surface area contributed by atoms with Crippen molar-refractivity contribution in [2.24, 2.45) is 10.8 Å². The van der Waals surface area contributed by atoms with Crippen LogP contribution in [0.4, 0.5) is 20.2 Å². The first kappa shape index (κ1) is 13.7. The van der Waals surface area contributed by atoms with E-state index in [-0.39, 0.29) is 22.6 Å². The van der Waals surface area contributed by atoms with Crippen LogP contribution < -0.4 is 5.32 Å². The molecule has 0 aromatic heterocycles. The summed E-state index contributed by atoms with van der Waals surface area (Å²) in [5.74, 6) is -1.99. The molecule has 1 saturated carbocycles. The maximum Gasteiger partial charge on any atom is 0.327 e. The molecule has 0 atom stereocenters. The highest BCUT2D eigenvalue weighted by Crippen LogP contribution is 2.64. The monoisotopic (exact) mass is 270 g/mol. The summed E-state index contributed by atoms with van der Waals surface area (Å²) in [6.07, 6.45) is 0. The summed E-state index contributed by atoms with van der Waals surface area (Å²) in [6, 6.07) is 1.41. The van der Waals surface area contributed by atoms with Gasteiger partial charge < -0.3 is 5.32 Å². The molecule has 0 unspecified atom stereocenters. The van der Waals surface area contributed by atoms with Crippen molar-refractivity contribution >= 4 is 11.4 Å². The molecule has 1 N–H and O–H groups in total. The number of nitro benzene ring substituents is 1. The minimum Gasteiger partial charge on any atom is -0.375 e. The number of hydrogen-bond donors (Lipinski definition) is 1. The summed E-state index contributed by atoms with van der Waals surface area (Å²) in [7, 11) is 0. The van der Waals surface area contributed by atoms with Crippen LogP contribution in [-0.2, 0) is 0 Å². The average Bonchev–Trinajstić information content (AvgIpc) is 2.59. The molecular formula is C13H16F2N2O2. The highest BCUT2D eigenvalue weighted by atomic mass is 19.1. The normalized spacial score (nSPS) is 20.1. The number of halogens is 2.